The van der Waals surface area contributed by atoms with Crippen LogP contribution in [0.2, 0.25) is 0 Å². The number of carbonyl (C=O) groups is 4. The maximum absolute atomic E-state index is 13.7. The van der Waals surface area contributed by atoms with Gasteiger partial charge in [-0.1, -0.05) is 36.4 Å². The standard InChI is InChI=1S/C29H40N2O9/c1-9-13-20-16-17-29(24(33)37-8,30(20)26(35)40-27(2,3)4)22-21(23(32)36-7)31(28(5,6)39-22)25(34)38-18-19-14-11-10-12-15-19/h9-12,14-15,20-22H,1,13,16-18H2,2-8H3/t20-,21+,22-,29+/m0/s1. The minimum absolute atomic E-state index is 0.0571. The predicted octanol–water partition coefficient (Wildman–Crippen LogP) is 4.19. The average molecular weight is 561 g/mol. The van der Waals surface area contributed by atoms with Crippen LogP contribution in [0.3, 0.4) is 0 Å². The first kappa shape index (κ1) is 30.9. The number of carbonyl (C=O) groups excluding carboxylic acids is 4. The van der Waals surface area contributed by atoms with Gasteiger partial charge in [-0.05, 0) is 59.4 Å². The van der Waals surface area contributed by atoms with Gasteiger partial charge in [-0.3, -0.25) is 9.80 Å². The highest BCUT2D eigenvalue weighted by Gasteiger charge is 2.69. The highest BCUT2D eigenvalue weighted by molar-refractivity contribution is 5.91. The normalized spacial score (nSPS) is 25.7. The second kappa shape index (κ2) is 11.9. The number of hydrogen-bond acceptors (Lipinski definition) is 9. The van der Waals surface area contributed by atoms with E-state index in [0.717, 1.165) is 10.5 Å². The molecule has 40 heavy (non-hydrogen) atoms. The van der Waals surface area contributed by atoms with Crippen molar-refractivity contribution < 1.29 is 42.9 Å². The number of rotatable bonds is 7. The van der Waals surface area contributed by atoms with Gasteiger partial charge >= 0.3 is 24.1 Å². The quantitative estimate of drug-likeness (QED) is 0.275. The Morgan fingerprint density at radius 1 is 1.05 bits per heavy atom. The highest BCUT2D eigenvalue weighted by atomic mass is 16.6. The number of methoxy groups -OCH3 is 2. The van der Waals surface area contributed by atoms with Crippen molar-refractivity contribution in [2.75, 3.05) is 14.2 Å². The molecule has 0 saturated carbocycles. The van der Waals surface area contributed by atoms with E-state index in [2.05, 4.69) is 6.58 Å². The number of amides is 2. The Labute approximate surface area is 235 Å². The van der Waals surface area contributed by atoms with Gasteiger partial charge in [-0.2, -0.15) is 0 Å². The molecule has 0 spiro atoms. The predicted molar refractivity (Wildman–Crippen MR) is 144 cm³/mol. The number of nitrogens with zero attached hydrogens (tertiary/aromatic N) is 2. The lowest BCUT2D eigenvalue weighted by atomic mass is 9.84. The maximum atomic E-state index is 13.7. The van der Waals surface area contributed by atoms with Crippen LogP contribution in [0, 0.1) is 0 Å². The molecule has 0 aliphatic carbocycles. The van der Waals surface area contributed by atoms with Crippen molar-refractivity contribution in [2.45, 2.75) is 95.5 Å². The molecule has 2 aliphatic heterocycles. The van der Waals surface area contributed by atoms with Gasteiger partial charge in [0.25, 0.3) is 0 Å². The summed E-state index contributed by atoms with van der Waals surface area (Å²) in [4.78, 5) is 56.7. The molecule has 11 heteroatoms. The topological polar surface area (TPSA) is 121 Å². The molecule has 2 amide bonds. The molecular formula is C29H40N2O9. The van der Waals surface area contributed by atoms with Crippen LogP contribution >= 0.6 is 0 Å². The first-order valence-corrected chi connectivity index (χ1v) is 13.2. The monoisotopic (exact) mass is 560 g/mol. The minimum atomic E-state index is -1.82. The lowest BCUT2D eigenvalue weighted by Gasteiger charge is -2.43. The molecule has 0 bridgehead atoms. The van der Waals surface area contributed by atoms with E-state index in [-0.39, 0.29) is 13.0 Å². The van der Waals surface area contributed by atoms with Crippen LogP contribution in [0.4, 0.5) is 9.59 Å². The van der Waals surface area contributed by atoms with Crippen LogP contribution in [0.15, 0.2) is 43.0 Å². The Morgan fingerprint density at radius 3 is 2.25 bits per heavy atom. The van der Waals surface area contributed by atoms with Crippen LogP contribution in [-0.4, -0.2) is 83.2 Å². The Balaban J connectivity index is 2.12. The fourth-order valence-corrected chi connectivity index (χ4v) is 5.51. The lowest BCUT2D eigenvalue weighted by Crippen LogP contribution is -2.67. The number of benzene rings is 1. The zero-order valence-corrected chi connectivity index (χ0v) is 24.3. The number of ether oxygens (including phenoxy) is 5. The van der Waals surface area contributed by atoms with Crippen molar-refractivity contribution in [3.05, 3.63) is 48.6 Å². The van der Waals surface area contributed by atoms with Gasteiger partial charge < -0.3 is 23.7 Å². The number of likely N-dealkylation sites (tertiary alicyclic amines) is 1. The van der Waals surface area contributed by atoms with Crippen LogP contribution in [0.5, 0.6) is 0 Å². The third-order valence-electron chi connectivity index (χ3n) is 7.10. The molecule has 0 unspecified atom stereocenters. The zero-order valence-electron chi connectivity index (χ0n) is 24.3. The minimum Gasteiger partial charge on any atom is -0.467 e. The van der Waals surface area contributed by atoms with E-state index in [4.69, 9.17) is 23.7 Å². The molecule has 2 fully saturated rings. The Kier molecular flexibility index (Phi) is 9.18. The highest BCUT2D eigenvalue weighted by Crippen LogP contribution is 2.48. The van der Waals surface area contributed by atoms with E-state index in [1.165, 1.54) is 19.1 Å². The molecule has 0 radical (unpaired) electrons. The Hall–Kier alpha value is -3.60. The summed E-state index contributed by atoms with van der Waals surface area (Å²) in [6, 6.07) is 7.09. The van der Waals surface area contributed by atoms with Gasteiger partial charge in [0.2, 0.25) is 0 Å². The van der Waals surface area contributed by atoms with E-state index in [1.807, 2.05) is 18.2 Å². The fourth-order valence-electron chi connectivity index (χ4n) is 5.51. The Bertz CT molecular complexity index is 1110. The average Bonchev–Trinajstić information content (AvgIpc) is 3.41. The van der Waals surface area contributed by atoms with Gasteiger partial charge in [0.05, 0.1) is 14.2 Å². The van der Waals surface area contributed by atoms with Crippen molar-refractivity contribution in [2.24, 2.45) is 0 Å². The second-order valence-electron chi connectivity index (χ2n) is 11.3. The summed E-state index contributed by atoms with van der Waals surface area (Å²) in [5, 5.41) is 0. The number of esters is 2. The van der Waals surface area contributed by atoms with Crippen molar-refractivity contribution in [1.82, 2.24) is 9.80 Å². The van der Waals surface area contributed by atoms with Gasteiger partial charge in [0.15, 0.2) is 11.6 Å². The van der Waals surface area contributed by atoms with Gasteiger partial charge in [-0.25, -0.2) is 19.2 Å². The zero-order chi connectivity index (χ0) is 29.9. The van der Waals surface area contributed by atoms with E-state index in [0.29, 0.717) is 12.8 Å². The third-order valence-corrected chi connectivity index (χ3v) is 7.10. The molecule has 0 aromatic heterocycles. The molecule has 220 valence electrons. The molecule has 1 aromatic carbocycles. The van der Waals surface area contributed by atoms with Crippen LogP contribution in [0.1, 0.15) is 59.4 Å². The molecule has 4 atom stereocenters. The molecule has 0 N–H and O–H groups in total. The summed E-state index contributed by atoms with van der Waals surface area (Å²) in [6.45, 7) is 12.0. The van der Waals surface area contributed by atoms with Crippen molar-refractivity contribution in [3.8, 4) is 0 Å². The fraction of sp³-hybridized carbons (Fsp3) is 0.586. The summed E-state index contributed by atoms with van der Waals surface area (Å²) in [7, 11) is 2.36. The third kappa shape index (κ3) is 5.94. The van der Waals surface area contributed by atoms with Crippen molar-refractivity contribution in [3.63, 3.8) is 0 Å². The summed E-state index contributed by atoms with van der Waals surface area (Å²) in [5.41, 5.74) is -3.40. The van der Waals surface area contributed by atoms with E-state index >= 15 is 0 Å². The molecule has 11 nitrogen and oxygen atoms in total. The summed E-state index contributed by atoms with van der Waals surface area (Å²) < 4.78 is 28.0. The molecular weight excluding hydrogens is 520 g/mol. The SMILES string of the molecule is C=CC[C@H]1CC[C@](C(=O)OC)([C@H]2OC(C)(C)N(C(=O)OCc3ccccc3)[C@H]2C(=O)OC)N1C(=O)OC(C)(C)C. The molecule has 2 heterocycles. The van der Waals surface area contributed by atoms with Gasteiger partial charge in [0.1, 0.15) is 24.0 Å². The van der Waals surface area contributed by atoms with Crippen molar-refractivity contribution in [1.29, 1.82) is 0 Å². The lowest BCUT2D eigenvalue weighted by molar-refractivity contribution is -0.171. The molecule has 1 aromatic rings. The largest absolute Gasteiger partial charge is 0.467 e. The molecule has 2 aliphatic rings. The summed E-state index contributed by atoms with van der Waals surface area (Å²) in [6.07, 6.45) is -0.562. The summed E-state index contributed by atoms with van der Waals surface area (Å²) in [5.74, 6) is -1.65. The van der Waals surface area contributed by atoms with Crippen LogP contribution in [-0.2, 0) is 39.9 Å². The second-order valence-corrected chi connectivity index (χ2v) is 11.3. The van der Waals surface area contributed by atoms with Gasteiger partial charge in [-0.15, -0.1) is 6.58 Å². The first-order valence-electron chi connectivity index (χ1n) is 13.2. The van der Waals surface area contributed by atoms with E-state index in [9.17, 15) is 19.2 Å². The van der Waals surface area contributed by atoms with Gasteiger partial charge in [0, 0.05) is 6.04 Å². The maximum Gasteiger partial charge on any atom is 0.413 e. The van der Waals surface area contributed by atoms with Crippen LogP contribution < -0.4 is 0 Å². The summed E-state index contributed by atoms with van der Waals surface area (Å²) >= 11 is 0. The van der Waals surface area contributed by atoms with E-state index < -0.39 is 59.2 Å². The van der Waals surface area contributed by atoms with E-state index in [1.54, 1.807) is 52.8 Å². The molecule has 3 rings (SSSR count). The first-order chi connectivity index (χ1) is 18.7. The molecule has 2 saturated heterocycles. The van der Waals surface area contributed by atoms with Crippen molar-refractivity contribution >= 4 is 24.1 Å². The van der Waals surface area contributed by atoms with Crippen LogP contribution in [0.25, 0.3) is 0 Å². The Morgan fingerprint density at radius 2 is 1.70 bits per heavy atom. The smallest absolute Gasteiger partial charge is 0.413 e. The number of hydrogen-bond donors (Lipinski definition) is 0.